The van der Waals surface area contributed by atoms with Gasteiger partial charge in [-0.1, -0.05) is 65.5 Å². The van der Waals surface area contributed by atoms with E-state index in [0.717, 1.165) is 18.4 Å². The van der Waals surface area contributed by atoms with Crippen LogP contribution >= 0.6 is 0 Å². The molecule has 0 spiro atoms. The van der Waals surface area contributed by atoms with Crippen LogP contribution < -0.4 is 0 Å². The van der Waals surface area contributed by atoms with E-state index in [1.165, 1.54) is 69.8 Å². The van der Waals surface area contributed by atoms with E-state index >= 15 is 0 Å². The second-order valence-electron chi connectivity index (χ2n) is 9.56. The molecule has 25 heavy (non-hydrogen) atoms. The minimum Gasteiger partial charge on any atom is -0.508 e. The topological polar surface area (TPSA) is 20.2 Å². The smallest absolute Gasteiger partial charge is 0.119 e. The normalized spacial score (nSPS) is 16.2. The quantitative estimate of drug-likeness (QED) is 0.390. The second kappa shape index (κ2) is 9.10. The largest absolute Gasteiger partial charge is 0.508 e. The minimum absolute atomic E-state index is 0.497. The van der Waals surface area contributed by atoms with Gasteiger partial charge in [-0.2, -0.15) is 0 Å². The lowest BCUT2D eigenvalue weighted by Crippen LogP contribution is -2.08. The van der Waals surface area contributed by atoms with Gasteiger partial charge in [0.05, 0.1) is 0 Å². The van der Waals surface area contributed by atoms with E-state index in [4.69, 9.17) is 0 Å². The maximum absolute atomic E-state index is 10.3. The minimum atomic E-state index is 0.497. The summed E-state index contributed by atoms with van der Waals surface area (Å²) in [5, 5.41) is 10.3. The molecule has 1 aromatic rings. The van der Waals surface area contributed by atoms with Gasteiger partial charge in [0.2, 0.25) is 0 Å². The first kappa shape index (κ1) is 20.3. The van der Waals surface area contributed by atoms with Crippen molar-refractivity contribution in [2.24, 2.45) is 10.8 Å². The molecule has 0 amide bonds. The van der Waals surface area contributed by atoms with Crippen LogP contribution in [0, 0.1) is 10.8 Å². The first-order valence-electron chi connectivity index (χ1n) is 10.6. The molecular formula is C24H40O. The van der Waals surface area contributed by atoms with Crippen molar-refractivity contribution >= 4 is 0 Å². The van der Waals surface area contributed by atoms with Crippen molar-refractivity contribution in [3.8, 4) is 5.75 Å². The predicted molar refractivity (Wildman–Crippen MR) is 109 cm³/mol. The zero-order valence-electron chi connectivity index (χ0n) is 17.2. The van der Waals surface area contributed by atoms with E-state index in [1.54, 1.807) is 0 Å². The Labute approximate surface area is 156 Å². The molecule has 1 aromatic carbocycles. The van der Waals surface area contributed by atoms with Gasteiger partial charge in [0.1, 0.15) is 5.75 Å². The highest BCUT2D eigenvalue weighted by atomic mass is 16.3. The Kier molecular flexibility index (Phi) is 7.40. The van der Waals surface area contributed by atoms with E-state index in [1.807, 2.05) is 6.07 Å². The Balaban J connectivity index is 1.64. The van der Waals surface area contributed by atoms with Gasteiger partial charge in [-0.25, -0.2) is 0 Å². The summed E-state index contributed by atoms with van der Waals surface area (Å²) in [5.41, 5.74) is 3.59. The molecule has 0 aromatic heterocycles. The first-order valence-corrected chi connectivity index (χ1v) is 10.6. The van der Waals surface area contributed by atoms with Crippen LogP contribution in [0.25, 0.3) is 0 Å². The molecule has 0 bridgehead atoms. The van der Waals surface area contributed by atoms with Crippen molar-refractivity contribution in [2.45, 2.75) is 105 Å². The van der Waals surface area contributed by atoms with Gasteiger partial charge in [0, 0.05) is 0 Å². The van der Waals surface area contributed by atoms with Gasteiger partial charge < -0.3 is 5.11 Å². The highest BCUT2D eigenvalue weighted by molar-refractivity contribution is 5.36. The molecule has 2 rings (SSSR count). The van der Waals surface area contributed by atoms with Gasteiger partial charge >= 0.3 is 0 Å². The summed E-state index contributed by atoms with van der Waals surface area (Å²) in [5.74, 6) is 0.516. The lowest BCUT2D eigenvalue weighted by atomic mass is 9.84. The van der Waals surface area contributed by atoms with Crippen LogP contribution in [0.5, 0.6) is 5.75 Å². The highest BCUT2D eigenvalue weighted by Gasteiger charge is 2.35. The summed E-state index contributed by atoms with van der Waals surface area (Å²) < 4.78 is 0. The molecule has 1 aliphatic rings. The summed E-state index contributed by atoms with van der Waals surface area (Å²) in [6, 6.07) is 6.39. The number of aryl methyl sites for hydroxylation is 2. The maximum atomic E-state index is 10.3. The van der Waals surface area contributed by atoms with Gasteiger partial charge in [-0.05, 0) is 79.4 Å². The molecular weight excluding hydrogens is 304 g/mol. The Hall–Kier alpha value is -0.980. The number of rotatable bonds is 12. The fourth-order valence-corrected chi connectivity index (χ4v) is 3.59. The van der Waals surface area contributed by atoms with Crippen LogP contribution in [0.1, 0.15) is 103 Å². The maximum Gasteiger partial charge on any atom is 0.119 e. The fraction of sp³-hybridized carbons (Fsp3) is 0.750. The van der Waals surface area contributed by atoms with E-state index in [0.29, 0.717) is 16.6 Å². The molecule has 1 nitrogen and oxygen atoms in total. The monoisotopic (exact) mass is 344 g/mol. The third kappa shape index (κ3) is 7.42. The van der Waals surface area contributed by atoms with Crippen LogP contribution in [0.2, 0.25) is 0 Å². The molecule has 0 radical (unpaired) electrons. The molecule has 0 heterocycles. The summed E-state index contributed by atoms with van der Waals surface area (Å²) >= 11 is 0. The molecule has 1 saturated carbocycles. The summed E-state index contributed by atoms with van der Waals surface area (Å²) in [7, 11) is 0. The molecule has 1 heteroatoms. The predicted octanol–water partition coefficient (Wildman–Crippen LogP) is 7.44. The van der Waals surface area contributed by atoms with Gasteiger partial charge in [-0.3, -0.25) is 0 Å². The number of hydrogen-bond acceptors (Lipinski definition) is 1. The van der Waals surface area contributed by atoms with E-state index in [-0.39, 0.29) is 0 Å². The average molecular weight is 345 g/mol. The van der Waals surface area contributed by atoms with Gasteiger partial charge in [0.15, 0.2) is 0 Å². The number of aromatic hydroxyl groups is 1. The molecule has 0 saturated heterocycles. The lowest BCUT2D eigenvalue weighted by Gasteiger charge is -2.22. The van der Waals surface area contributed by atoms with Crippen molar-refractivity contribution in [3.63, 3.8) is 0 Å². The average Bonchev–Trinajstić information content (AvgIpc) is 3.30. The fourth-order valence-electron chi connectivity index (χ4n) is 3.59. The number of benzene rings is 1. The van der Waals surface area contributed by atoms with Crippen LogP contribution in [0.15, 0.2) is 18.2 Å². The second-order valence-corrected chi connectivity index (χ2v) is 9.56. The SMILES string of the molecule is CCC(C)(C)CCCCCc1ccc(CCCCC2(C)CC2)c(O)c1. The van der Waals surface area contributed by atoms with Crippen LogP contribution in [-0.2, 0) is 12.8 Å². The highest BCUT2D eigenvalue weighted by Crippen LogP contribution is 2.49. The molecule has 0 aliphatic heterocycles. The third-order valence-corrected chi connectivity index (χ3v) is 6.51. The van der Waals surface area contributed by atoms with Crippen molar-refractivity contribution in [2.75, 3.05) is 0 Å². The number of unbranched alkanes of at least 4 members (excludes halogenated alkanes) is 3. The van der Waals surface area contributed by atoms with Crippen LogP contribution in [0.4, 0.5) is 0 Å². The van der Waals surface area contributed by atoms with Crippen molar-refractivity contribution in [3.05, 3.63) is 29.3 Å². The van der Waals surface area contributed by atoms with Crippen molar-refractivity contribution in [1.29, 1.82) is 0 Å². The van der Waals surface area contributed by atoms with Crippen LogP contribution in [0.3, 0.4) is 0 Å². The molecule has 0 atom stereocenters. The van der Waals surface area contributed by atoms with E-state index < -0.39 is 0 Å². The Morgan fingerprint density at radius 2 is 1.72 bits per heavy atom. The lowest BCUT2D eigenvalue weighted by molar-refractivity contribution is 0.308. The number of phenols is 1. The molecule has 0 unspecified atom stereocenters. The standard InChI is InChI=1S/C24H40O/c1-5-23(2,3)15-9-6-7-11-20-13-14-21(22(25)19-20)12-8-10-16-24(4)17-18-24/h13-14,19,25H,5-12,15-18H2,1-4H3. The Morgan fingerprint density at radius 1 is 1.00 bits per heavy atom. The van der Waals surface area contributed by atoms with Gasteiger partial charge in [0.25, 0.3) is 0 Å². The first-order chi connectivity index (χ1) is 11.8. The Morgan fingerprint density at radius 3 is 2.36 bits per heavy atom. The van der Waals surface area contributed by atoms with Crippen molar-refractivity contribution in [1.82, 2.24) is 0 Å². The third-order valence-electron chi connectivity index (χ3n) is 6.51. The summed E-state index contributed by atoms with van der Waals surface area (Å²) in [4.78, 5) is 0. The van der Waals surface area contributed by atoms with Crippen LogP contribution in [-0.4, -0.2) is 5.11 Å². The van der Waals surface area contributed by atoms with E-state index in [9.17, 15) is 5.11 Å². The number of hydrogen-bond donors (Lipinski definition) is 1. The summed E-state index contributed by atoms with van der Waals surface area (Å²) in [6.45, 7) is 9.43. The van der Waals surface area contributed by atoms with Crippen molar-refractivity contribution < 1.29 is 5.11 Å². The molecule has 1 fully saturated rings. The molecule has 142 valence electrons. The number of phenolic OH excluding ortho intramolecular Hbond substituents is 1. The summed E-state index contributed by atoms with van der Waals surface area (Å²) in [6.07, 6.45) is 15.3. The molecule has 1 aliphatic carbocycles. The zero-order valence-corrected chi connectivity index (χ0v) is 17.2. The van der Waals surface area contributed by atoms with E-state index in [2.05, 4.69) is 39.8 Å². The molecule has 1 N–H and O–H groups in total. The Bertz CT molecular complexity index is 525. The van der Waals surface area contributed by atoms with Gasteiger partial charge in [-0.15, -0.1) is 0 Å². The zero-order chi connectivity index (χ0) is 18.3.